The van der Waals surface area contributed by atoms with Crippen molar-refractivity contribution in [1.29, 1.82) is 0 Å². The average molecular weight is 242 g/mol. The summed E-state index contributed by atoms with van der Waals surface area (Å²) in [7, 11) is 0. The molecule has 96 valence electrons. The third-order valence-corrected chi connectivity index (χ3v) is 2.19. The van der Waals surface area contributed by atoms with Gasteiger partial charge in [0.2, 0.25) is 0 Å². The molecule has 0 aliphatic heterocycles. The van der Waals surface area contributed by atoms with Gasteiger partial charge in [-0.1, -0.05) is 0 Å². The van der Waals surface area contributed by atoms with Crippen LogP contribution in [0.4, 0.5) is 4.39 Å². The highest BCUT2D eigenvalue weighted by molar-refractivity contribution is 5.22. The Hall–Kier alpha value is -1.17. The lowest BCUT2D eigenvalue weighted by atomic mass is 10.3. The minimum Gasteiger partial charge on any atom is -0.491 e. The van der Waals surface area contributed by atoms with Gasteiger partial charge in [-0.15, -0.1) is 0 Å². The van der Waals surface area contributed by atoms with Crippen LogP contribution in [-0.4, -0.2) is 37.5 Å². The van der Waals surface area contributed by atoms with Crippen molar-refractivity contribution >= 4 is 0 Å². The van der Waals surface area contributed by atoms with E-state index in [0.717, 1.165) is 13.0 Å². The third-order valence-electron chi connectivity index (χ3n) is 2.19. The lowest BCUT2D eigenvalue weighted by Gasteiger charge is -2.13. The second kappa shape index (κ2) is 8.00. The van der Waals surface area contributed by atoms with Gasteiger partial charge in [-0.3, -0.25) is 0 Å². The highest BCUT2D eigenvalue weighted by Gasteiger charge is 2.04. The number of hydrogen-bond acceptors (Lipinski definition) is 4. The second-order valence-corrected chi connectivity index (χ2v) is 3.77. The standard InChI is InChI=1S/C12H19FN2O2/c13-10-2-4-12(5-3-10)17-9-11(16)8-15-7-1-6-14/h2-5,11,15-16H,1,6-9,14H2. The van der Waals surface area contributed by atoms with E-state index in [0.29, 0.717) is 18.8 Å². The summed E-state index contributed by atoms with van der Waals surface area (Å²) in [4.78, 5) is 0. The summed E-state index contributed by atoms with van der Waals surface area (Å²) in [6.07, 6.45) is 0.295. The fraction of sp³-hybridized carbons (Fsp3) is 0.500. The monoisotopic (exact) mass is 242 g/mol. The van der Waals surface area contributed by atoms with E-state index in [9.17, 15) is 9.50 Å². The molecule has 17 heavy (non-hydrogen) atoms. The minimum absolute atomic E-state index is 0.182. The van der Waals surface area contributed by atoms with Crippen molar-refractivity contribution in [3.63, 3.8) is 0 Å². The number of halogens is 1. The number of nitrogens with two attached hydrogens (primary N) is 1. The number of rotatable bonds is 8. The molecule has 0 aliphatic rings. The molecular formula is C12H19FN2O2. The second-order valence-electron chi connectivity index (χ2n) is 3.77. The first-order chi connectivity index (χ1) is 8.22. The van der Waals surface area contributed by atoms with Crippen LogP contribution in [0.15, 0.2) is 24.3 Å². The van der Waals surface area contributed by atoms with Crippen LogP contribution in [0.3, 0.4) is 0 Å². The number of hydrogen-bond donors (Lipinski definition) is 3. The molecule has 4 N–H and O–H groups in total. The quantitative estimate of drug-likeness (QED) is 0.581. The molecule has 5 heteroatoms. The number of benzene rings is 1. The normalized spacial score (nSPS) is 12.4. The molecule has 0 saturated carbocycles. The number of aliphatic hydroxyl groups is 1. The zero-order chi connectivity index (χ0) is 12.5. The van der Waals surface area contributed by atoms with Crippen LogP contribution < -0.4 is 15.8 Å². The smallest absolute Gasteiger partial charge is 0.123 e. The van der Waals surface area contributed by atoms with E-state index in [2.05, 4.69) is 5.32 Å². The lowest BCUT2D eigenvalue weighted by molar-refractivity contribution is 0.106. The van der Waals surface area contributed by atoms with Crippen LogP contribution in [-0.2, 0) is 0 Å². The van der Waals surface area contributed by atoms with Gasteiger partial charge in [0.15, 0.2) is 0 Å². The van der Waals surface area contributed by atoms with E-state index >= 15 is 0 Å². The first-order valence-corrected chi connectivity index (χ1v) is 5.69. The van der Waals surface area contributed by atoms with Crippen LogP contribution in [0.1, 0.15) is 6.42 Å². The molecule has 0 bridgehead atoms. The average Bonchev–Trinajstić information content (AvgIpc) is 2.34. The Bertz CT molecular complexity index is 306. The van der Waals surface area contributed by atoms with Crippen LogP contribution in [0.5, 0.6) is 5.75 Å². The molecule has 0 radical (unpaired) electrons. The molecule has 0 fully saturated rings. The van der Waals surface area contributed by atoms with Crippen LogP contribution in [0.2, 0.25) is 0 Å². The Morgan fingerprint density at radius 1 is 1.35 bits per heavy atom. The fourth-order valence-corrected chi connectivity index (χ4v) is 1.28. The SMILES string of the molecule is NCCCNCC(O)COc1ccc(F)cc1. The zero-order valence-corrected chi connectivity index (χ0v) is 9.73. The van der Waals surface area contributed by atoms with Gasteiger partial charge in [0.25, 0.3) is 0 Å². The maximum absolute atomic E-state index is 12.6. The summed E-state index contributed by atoms with van der Waals surface area (Å²) in [5.41, 5.74) is 5.33. The molecule has 0 aliphatic carbocycles. The predicted molar refractivity (Wildman–Crippen MR) is 64.4 cm³/mol. The van der Waals surface area contributed by atoms with Gasteiger partial charge in [0.05, 0.1) is 0 Å². The van der Waals surface area contributed by atoms with Gasteiger partial charge in [-0.2, -0.15) is 0 Å². The predicted octanol–water partition coefficient (Wildman–Crippen LogP) is 0.504. The molecule has 0 aromatic heterocycles. The molecule has 1 atom stereocenters. The Balaban J connectivity index is 2.14. The van der Waals surface area contributed by atoms with Gasteiger partial charge in [-0.05, 0) is 43.8 Å². The van der Waals surface area contributed by atoms with Gasteiger partial charge in [0.1, 0.15) is 24.3 Å². The van der Waals surface area contributed by atoms with Crippen molar-refractivity contribution in [2.24, 2.45) is 5.73 Å². The molecule has 4 nitrogen and oxygen atoms in total. The summed E-state index contributed by atoms with van der Waals surface area (Å²) >= 11 is 0. The van der Waals surface area contributed by atoms with Crippen LogP contribution in [0.25, 0.3) is 0 Å². The molecule has 1 rings (SSSR count). The first kappa shape index (κ1) is 13.9. The number of ether oxygens (including phenoxy) is 1. The number of nitrogens with one attached hydrogen (secondary N) is 1. The van der Waals surface area contributed by atoms with Gasteiger partial charge in [0, 0.05) is 6.54 Å². The van der Waals surface area contributed by atoms with Crippen molar-refractivity contribution in [3.8, 4) is 5.75 Å². The summed E-state index contributed by atoms with van der Waals surface area (Å²) in [6, 6.07) is 5.70. The van der Waals surface area contributed by atoms with Gasteiger partial charge in [-0.25, -0.2) is 4.39 Å². The van der Waals surface area contributed by atoms with Crippen molar-refractivity contribution in [3.05, 3.63) is 30.1 Å². The first-order valence-electron chi connectivity index (χ1n) is 5.69. The summed E-state index contributed by atoms with van der Waals surface area (Å²) in [6.45, 7) is 2.06. The topological polar surface area (TPSA) is 67.5 Å². The molecule has 0 heterocycles. The van der Waals surface area contributed by atoms with E-state index < -0.39 is 6.10 Å². The van der Waals surface area contributed by atoms with Crippen molar-refractivity contribution in [2.75, 3.05) is 26.2 Å². The zero-order valence-electron chi connectivity index (χ0n) is 9.73. The highest BCUT2D eigenvalue weighted by Crippen LogP contribution is 2.10. The molecular weight excluding hydrogens is 223 g/mol. The summed E-state index contributed by atoms with van der Waals surface area (Å²) < 4.78 is 17.9. The molecule has 0 amide bonds. The molecule has 1 unspecified atom stereocenters. The third kappa shape index (κ3) is 6.21. The molecule has 1 aromatic carbocycles. The van der Waals surface area contributed by atoms with E-state index in [1.807, 2.05) is 0 Å². The van der Waals surface area contributed by atoms with Crippen LogP contribution >= 0.6 is 0 Å². The Labute approximate surface area is 101 Å². The van der Waals surface area contributed by atoms with E-state index in [1.165, 1.54) is 24.3 Å². The Morgan fingerprint density at radius 3 is 2.71 bits per heavy atom. The van der Waals surface area contributed by atoms with Crippen molar-refractivity contribution in [2.45, 2.75) is 12.5 Å². The van der Waals surface area contributed by atoms with Crippen LogP contribution in [0, 0.1) is 5.82 Å². The molecule has 1 aromatic rings. The Kier molecular flexibility index (Phi) is 6.54. The largest absolute Gasteiger partial charge is 0.491 e. The summed E-state index contributed by atoms with van der Waals surface area (Å²) in [5.74, 6) is 0.244. The van der Waals surface area contributed by atoms with Crippen molar-refractivity contribution < 1.29 is 14.2 Å². The number of aliphatic hydroxyl groups excluding tert-OH is 1. The van der Waals surface area contributed by atoms with Crippen molar-refractivity contribution in [1.82, 2.24) is 5.32 Å². The van der Waals surface area contributed by atoms with E-state index in [-0.39, 0.29) is 12.4 Å². The molecule has 0 spiro atoms. The fourth-order valence-electron chi connectivity index (χ4n) is 1.28. The van der Waals surface area contributed by atoms with E-state index in [1.54, 1.807) is 0 Å². The Morgan fingerprint density at radius 2 is 2.06 bits per heavy atom. The minimum atomic E-state index is -0.585. The summed E-state index contributed by atoms with van der Waals surface area (Å²) in [5, 5.41) is 12.6. The van der Waals surface area contributed by atoms with Gasteiger partial charge >= 0.3 is 0 Å². The molecule has 0 saturated heterocycles. The van der Waals surface area contributed by atoms with Gasteiger partial charge < -0.3 is 20.9 Å². The lowest BCUT2D eigenvalue weighted by Crippen LogP contribution is -2.32. The highest BCUT2D eigenvalue weighted by atomic mass is 19.1. The maximum Gasteiger partial charge on any atom is 0.123 e. The van der Waals surface area contributed by atoms with E-state index in [4.69, 9.17) is 10.5 Å². The maximum atomic E-state index is 12.6.